The number of nitrogens with one attached hydrogen (secondary N) is 1. The van der Waals surface area contributed by atoms with Crippen LogP contribution >= 0.6 is 46.4 Å². The molecule has 190 valence electrons. The number of halogens is 9. The lowest BCUT2D eigenvalue weighted by Crippen LogP contribution is -2.40. The predicted octanol–water partition coefficient (Wildman–Crippen LogP) is 9.36. The zero-order valence-corrected chi connectivity index (χ0v) is 21.3. The lowest BCUT2D eigenvalue weighted by atomic mass is 9.91. The van der Waals surface area contributed by atoms with Crippen molar-refractivity contribution in [1.29, 1.82) is 0 Å². The predicted molar refractivity (Wildman–Crippen MR) is 130 cm³/mol. The first-order valence-corrected chi connectivity index (χ1v) is 12.1. The van der Waals surface area contributed by atoms with Gasteiger partial charge in [-0.1, -0.05) is 52.5 Å². The van der Waals surface area contributed by atoms with E-state index in [1.54, 1.807) is 0 Å². The number of rotatable bonds is 6. The molecule has 0 aliphatic heterocycles. The van der Waals surface area contributed by atoms with E-state index in [0.717, 1.165) is 6.07 Å². The first-order valence-electron chi connectivity index (χ1n) is 10.6. The van der Waals surface area contributed by atoms with Crippen molar-refractivity contribution in [1.82, 2.24) is 5.32 Å². The van der Waals surface area contributed by atoms with Crippen molar-refractivity contribution >= 4 is 58.1 Å². The average Bonchev–Trinajstić information content (AvgIpc) is 2.75. The van der Waals surface area contributed by atoms with Gasteiger partial charge in [-0.15, -0.1) is 0 Å². The third kappa shape index (κ3) is 7.03. The summed E-state index contributed by atoms with van der Waals surface area (Å²) in [6.07, 6.45) is 0.305. The number of benzene rings is 2. The number of hydrogen-bond acceptors (Lipinski definition) is 1. The summed E-state index contributed by atoms with van der Waals surface area (Å²) in [6.45, 7) is 0.624. The fourth-order valence-electron chi connectivity index (χ4n) is 3.83. The standard InChI is InChI=1S/C24H20Cl4F5NO/c1-23(30,31)16(13-9-18(26)21(28)19(27)10-13)11-20(29)12-2-3-15(17(25)8-12)22(35)34-14-4-6-24(32,33)7-5-14/h2-3,8-11,14,16H,4-7H2,1H3,(H,34,35)/b20-11-. The number of allylic oxidation sites excluding steroid dienone is 1. The lowest BCUT2D eigenvalue weighted by molar-refractivity contribution is -0.0399. The second kappa shape index (κ2) is 10.8. The van der Waals surface area contributed by atoms with E-state index >= 15 is 4.39 Å². The molecule has 1 aliphatic carbocycles. The Balaban J connectivity index is 1.83. The second-order valence-corrected chi connectivity index (χ2v) is 10.1. The smallest absolute Gasteiger partial charge is 0.255 e. The molecule has 2 aromatic carbocycles. The highest BCUT2D eigenvalue weighted by atomic mass is 35.5. The highest BCUT2D eigenvalue weighted by Gasteiger charge is 2.36. The molecule has 1 aliphatic rings. The number of carbonyl (C=O) groups is 1. The van der Waals surface area contributed by atoms with Gasteiger partial charge in [-0.25, -0.2) is 22.0 Å². The van der Waals surface area contributed by atoms with Crippen LogP contribution < -0.4 is 5.32 Å². The van der Waals surface area contributed by atoms with Crippen LogP contribution in [0.1, 0.15) is 60.0 Å². The third-order valence-corrected chi connectivity index (χ3v) is 7.28. The second-order valence-electron chi connectivity index (χ2n) is 8.55. The van der Waals surface area contributed by atoms with Crippen LogP contribution in [0.3, 0.4) is 0 Å². The van der Waals surface area contributed by atoms with Gasteiger partial charge in [-0.2, -0.15) is 0 Å². The van der Waals surface area contributed by atoms with E-state index < -0.39 is 35.5 Å². The molecule has 1 amide bonds. The molecule has 35 heavy (non-hydrogen) atoms. The first kappa shape index (κ1) is 28.0. The maximum absolute atomic E-state index is 15.0. The van der Waals surface area contributed by atoms with E-state index in [4.69, 9.17) is 46.4 Å². The van der Waals surface area contributed by atoms with Crippen LogP contribution in [0.25, 0.3) is 5.83 Å². The highest BCUT2D eigenvalue weighted by Crippen LogP contribution is 2.41. The van der Waals surface area contributed by atoms with E-state index in [2.05, 4.69) is 5.32 Å². The minimum atomic E-state index is -3.39. The van der Waals surface area contributed by atoms with Crippen LogP contribution in [0, 0.1) is 0 Å². The molecule has 0 spiro atoms. The van der Waals surface area contributed by atoms with Crippen molar-refractivity contribution < 1.29 is 26.7 Å². The summed E-state index contributed by atoms with van der Waals surface area (Å²) in [5.41, 5.74) is -0.175. The SMILES string of the molecule is CC(F)(F)C(/C=C(\F)c1ccc(C(=O)NC2CCC(F)(F)CC2)c(Cl)c1)c1cc(Cl)c(Cl)c(Cl)c1. The molecule has 3 rings (SSSR count). The first-order chi connectivity index (χ1) is 16.2. The molecular formula is C24H20Cl4F5NO. The normalized spacial score (nSPS) is 17.8. The van der Waals surface area contributed by atoms with Crippen molar-refractivity contribution in [3.8, 4) is 0 Å². The zero-order valence-electron chi connectivity index (χ0n) is 18.3. The van der Waals surface area contributed by atoms with Gasteiger partial charge in [0.25, 0.3) is 11.8 Å². The molecule has 11 heteroatoms. The number of alkyl halides is 4. The summed E-state index contributed by atoms with van der Waals surface area (Å²) in [5.74, 6) is -9.47. The molecule has 1 fully saturated rings. The van der Waals surface area contributed by atoms with Gasteiger partial charge < -0.3 is 5.32 Å². The van der Waals surface area contributed by atoms with Crippen molar-refractivity contribution in [2.45, 2.75) is 56.4 Å². The van der Waals surface area contributed by atoms with E-state index in [1.807, 2.05) is 0 Å². The van der Waals surface area contributed by atoms with Crippen molar-refractivity contribution in [2.24, 2.45) is 0 Å². The molecule has 1 unspecified atom stereocenters. The minimum Gasteiger partial charge on any atom is -0.349 e. The maximum Gasteiger partial charge on any atom is 0.255 e. The summed E-state index contributed by atoms with van der Waals surface area (Å²) in [5, 5.41) is 2.40. The third-order valence-electron chi connectivity index (χ3n) is 5.77. The molecule has 2 aromatic rings. The maximum atomic E-state index is 15.0. The molecule has 0 aromatic heterocycles. The van der Waals surface area contributed by atoms with Crippen LogP contribution in [0.5, 0.6) is 0 Å². The van der Waals surface area contributed by atoms with Crippen LogP contribution in [0.2, 0.25) is 20.1 Å². The van der Waals surface area contributed by atoms with Crippen molar-refractivity contribution in [3.63, 3.8) is 0 Å². The Morgan fingerprint density at radius 3 is 2.14 bits per heavy atom. The van der Waals surface area contributed by atoms with Gasteiger partial charge in [0.05, 0.1) is 31.6 Å². The lowest BCUT2D eigenvalue weighted by Gasteiger charge is -2.28. The monoisotopic (exact) mass is 573 g/mol. The number of hydrogen-bond donors (Lipinski definition) is 1. The largest absolute Gasteiger partial charge is 0.349 e. The summed E-state index contributed by atoms with van der Waals surface area (Å²) in [7, 11) is 0. The summed E-state index contributed by atoms with van der Waals surface area (Å²) < 4.78 is 70.4. The van der Waals surface area contributed by atoms with Crippen LogP contribution in [-0.4, -0.2) is 23.8 Å². The zero-order chi connectivity index (χ0) is 26.1. The summed E-state index contributed by atoms with van der Waals surface area (Å²) in [6, 6.07) is 5.53. The Bertz CT molecular complexity index is 1120. The Morgan fingerprint density at radius 2 is 1.63 bits per heavy atom. The molecule has 1 N–H and O–H groups in total. The van der Waals surface area contributed by atoms with Gasteiger partial charge in [0.2, 0.25) is 5.92 Å². The van der Waals surface area contributed by atoms with E-state index in [1.165, 1.54) is 24.3 Å². The van der Waals surface area contributed by atoms with Crippen LogP contribution in [0.4, 0.5) is 22.0 Å². The van der Waals surface area contributed by atoms with E-state index in [0.29, 0.717) is 13.0 Å². The summed E-state index contributed by atoms with van der Waals surface area (Å²) >= 11 is 23.9. The van der Waals surface area contributed by atoms with Gasteiger partial charge >= 0.3 is 0 Å². The molecule has 1 saturated carbocycles. The number of carbonyl (C=O) groups excluding carboxylic acids is 1. The quantitative estimate of drug-likeness (QED) is 0.270. The van der Waals surface area contributed by atoms with Crippen molar-refractivity contribution in [3.05, 3.63) is 73.2 Å². The fourth-order valence-corrected chi connectivity index (χ4v) is 4.71. The number of amides is 1. The Kier molecular flexibility index (Phi) is 8.68. The van der Waals surface area contributed by atoms with E-state index in [-0.39, 0.29) is 62.5 Å². The molecular weight excluding hydrogens is 555 g/mol. The van der Waals surface area contributed by atoms with Gasteiger partial charge in [0.1, 0.15) is 5.83 Å². The van der Waals surface area contributed by atoms with E-state index in [9.17, 15) is 22.4 Å². The average molecular weight is 575 g/mol. The highest BCUT2D eigenvalue weighted by molar-refractivity contribution is 6.48. The molecule has 0 bridgehead atoms. The summed E-state index contributed by atoms with van der Waals surface area (Å²) in [4.78, 5) is 12.5. The molecule has 2 nitrogen and oxygen atoms in total. The van der Waals surface area contributed by atoms with Crippen LogP contribution in [0.15, 0.2) is 36.4 Å². The topological polar surface area (TPSA) is 29.1 Å². The minimum absolute atomic E-state index is 0.00851. The van der Waals surface area contributed by atoms with Gasteiger partial charge in [-0.3, -0.25) is 4.79 Å². The molecule has 0 radical (unpaired) electrons. The Morgan fingerprint density at radius 1 is 1.06 bits per heavy atom. The molecule has 0 saturated heterocycles. The van der Waals surface area contributed by atoms with Gasteiger partial charge in [-0.05, 0) is 48.7 Å². The van der Waals surface area contributed by atoms with Gasteiger partial charge in [0.15, 0.2) is 0 Å². The van der Waals surface area contributed by atoms with Crippen molar-refractivity contribution in [2.75, 3.05) is 0 Å². The Labute approximate surface area is 219 Å². The molecule has 0 heterocycles. The molecule has 1 atom stereocenters. The van der Waals surface area contributed by atoms with Gasteiger partial charge in [0, 0.05) is 31.4 Å². The fraction of sp³-hybridized carbons (Fsp3) is 0.375. The van der Waals surface area contributed by atoms with Crippen LogP contribution in [-0.2, 0) is 0 Å². The Hall–Kier alpha value is -1.54.